The molecule has 0 saturated heterocycles. The summed E-state index contributed by atoms with van der Waals surface area (Å²) in [6.45, 7) is 0. The first kappa shape index (κ1) is 15.6. The summed E-state index contributed by atoms with van der Waals surface area (Å²) in [6, 6.07) is 0. The second-order valence-corrected chi connectivity index (χ2v) is 7.09. The Morgan fingerprint density at radius 1 is 0.900 bits per heavy atom. The van der Waals surface area contributed by atoms with Crippen molar-refractivity contribution in [3.8, 4) is 0 Å². The molecule has 0 spiro atoms. The van der Waals surface area contributed by atoms with E-state index in [1.165, 1.54) is 51.2 Å². The van der Waals surface area contributed by atoms with Crippen LogP contribution in [0.25, 0.3) is 0 Å². The quantitative estimate of drug-likeness (QED) is 0.622. The van der Waals surface area contributed by atoms with Gasteiger partial charge in [0.1, 0.15) is 6.29 Å². The Morgan fingerprint density at radius 2 is 1.50 bits per heavy atom. The molecule has 20 heavy (non-hydrogen) atoms. The van der Waals surface area contributed by atoms with Crippen molar-refractivity contribution >= 4 is 20.7 Å². The van der Waals surface area contributed by atoms with Crippen LogP contribution < -0.4 is 0 Å². The number of aliphatic carboxylic acids is 1. The van der Waals surface area contributed by atoms with Gasteiger partial charge in [-0.25, -0.2) is 0 Å². The Labute approximate surface area is 123 Å². The summed E-state index contributed by atoms with van der Waals surface area (Å²) in [5, 5.41) is 8.74. The number of carboxylic acids is 1. The second kappa shape index (κ2) is 6.32. The van der Waals surface area contributed by atoms with Gasteiger partial charge < -0.3 is 9.90 Å². The number of hydrogen-bond donors (Lipinski definition) is 1. The minimum Gasteiger partial charge on any atom is -0.481 e. The molecule has 4 heteroatoms. The van der Waals surface area contributed by atoms with Crippen molar-refractivity contribution in [1.82, 2.24) is 0 Å². The highest BCUT2D eigenvalue weighted by atomic mass is 16.4. The highest BCUT2D eigenvalue weighted by Gasteiger charge is 2.43. The van der Waals surface area contributed by atoms with E-state index in [2.05, 4.69) is 0 Å². The Bertz CT molecular complexity index is 371. The smallest absolute Gasteiger partial charge is 0.306 e. The van der Waals surface area contributed by atoms with Crippen LogP contribution in [0, 0.1) is 35.5 Å². The predicted octanol–water partition coefficient (Wildman–Crippen LogP) is 2.75. The molecule has 4 saturated carbocycles. The van der Waals surface area contributed by atoms with E-state index in [-0.39, 0.29) is 14.3 Å². The Morgan fingerprint density at radius 3 is 1.75 bits per heavy atom. The zero-order chi connectivity index (χ0) is 13.4. The van der Waals surface area contributed by atoms with Crippen molar-refractivity contribution in [2.45, 2.75) is 51.4 Å². The molecule has 4 bridgehead atoms. The maximum absolute atomic E-state index is 10.6. The first-order valence-electron chi connectivity index (χ1n) is 7.85. The second-order valence-electron chi connectivity index (χ2n) is 7.09. The third-order valence-corrected chi connectivity index (χ3v) is 6.02. The van der Waals surface area contributed by atoms with Crippen LogP contribution in [0.2, 0.25) is 0 Å². The highest BCUT2D eigenvalue weighted by molar-refractivity contribution is 5.75. The summed E-state index contributed by atoms with van der Waals surface area (Å²) in [6.07, 6.45) is 11.1. The van der Waals surface area contributed by atoms with E-state index in [4.69, 9.17) is 5.11 Å². The molecule has 109 valence electrons. The van der Waals surface area contributed by atoms with Crippen LogP contribution in [-0.4, -0.2) is 25.8 Å². The van der Waals surface area contributed by atoms with Gasteiger partial charge in [-0.15, -0.1) is 0 Å². The van der Waals surface area contributed by atoms with Crippen LogP contribution in [0.15, 0.2) is 0 Å². The van der Waals surface area contributed by atoms with E-state index in [0.29, 0.717) is 11.8 Å². The highest BCUT2D eigenvalue weighted by Crippen LogP contribution is 2.48. The molecule has 0 heterocycles. The van der Waals surface area contributed by atoms with Crippen LogP contribution in [-0.2, 0) is 9.59 Å². The van der Waals surface area contributed by atoms with Gasteiger partial charge in [-0.1, -0.05) is 12.8 Å². The molecule has 3 nitrogen and oxygen atoms in total. The molecule has 0 aliphatic heterocycles. The van der Waals surface area contributed by atoms with E-state index < -0.39 is 5.97 Å². The van der Waals surface area contributed by atoms with Crippen LogP contribution in [0.4, 0.5) is 0 Å². The molecule has 0 amide bonds. The molecule has 6 unspecified atom stereocenters. The van der Waals surface area contributed by atoms with Gasteiger partial charge in [0, 0.05) is 14.3 Å². The number of rotatable bonds is 2. The van der Waals surface area contributed by atoms with E-state index in [1.807, 2.05) is 0 Å². The molecule has 0 aromatic carbocycles. The van der Waals surface area contributed by atoms with Crippen molar-refractivity contribution in [3.63, 3.8) is 0 Å². The molecule has 3 radical (unpaired) electrons. The lowest BCUT2D eigenvalue weighted by molar-refractivity contribution is -0.143. The van der Waals surface area contributed by atoms with Crippen molar-refractivity contribution in [3.05, 3.63) is 0 Å². The van der Waals surface area contributed by atoms with E-state index in [0.717, 1.165) is 24.2 Å². The maximum atomic E-state index is 10.6. The summed E-state index contributed by atoms with van der Waals surface area (Å²) >= 11 is 0. The van der Waals surface area contributed by atoms with Gasteiger partial charge in [0.2, 0.25) is 0 Å². The first-order valence-corrected chi connectivity index (χ1v) is 7.85. The SMILES string of the molecule is O=C(O)C1CC2CCC1C2.O=CC1CC2CCC1C2.[B]. The summed E-state index contributed by atoms with van der Waals surface area (Å²) < 4.78 is 0. The lowest BCUT2D eigenvalue weighted by Crippen LogP contribution is -2.19. The molecule has 4 aliphatic carbocycles. The average molecular weight is 275 g/mol. The molecule has 4 rings (SSSR count). The molecule has 4 fully saturated rings. The Hall–Kier alpha value is -0.795. The number of hydrogen-bond acceptors (Lipinski definition) is 2. The van der Waals surface area contributed by atoms with Crippen LogP contribution in [0.3, 0.4) is 0 Å². The van der Waals surface area contributed by atoms with Gasteiger partial charge in [-0.2, -0.15) is 0 Å². The van der Waals surface area contributed by atoms with E-state index in [9.17, 15) is 9.59 Å². The van der Waals surface area contributed by atoms with Crippen molar-refractivity contribution in [2.24, 2.45) is 35.5 Å². The summed E-state index contributed by atoms with van der Waals surface area (Å²) in [4.78, 5) is 21.0. The third-order valence-electron chi connectivity index (χ3n) is 6.02. The normalized spacial score (nSPS) is 43.6. The Balaban J connectivity index is 0.000000141. The predicted molar refractivity (Wildman–Crippen MR) is 77.3 cm³/mol. The van der Waals surface area contributed by atoms with Crippen LogP contribution in [0.5, 0.6) is 0 Å². The van der Waals surface area contributed by atoms with Gasteiger partial charge in [0.05, 0.1) is 5.92 Å². The number of fused-ring (bicyclic) bond motifs is 4. The molecular weight excluding hydrogens is 251 g/mol. The fourth-order valence-electron chi connectivity index (χ4n) is 5.01. The zero-order valence-electron chi connectivity index (χ0n) is 12.0. The number of carbonyl (C=O) groups is 2. The van der Waals surface area contributed by atoms with Gasteiger partial charge in [-0.05, 0) is 62.2 Å². The Kier molecular flexibility index (Phi) is 4.93. The standard InChI is InChI=1S/C8H12O2.C8H12O.B/c9-8(10)7-4-5-1-2-6(7)3-5;9-5-8-4-6-1-2-7(8)3-6;/h5-7H,1-4H2,(H,9,10);5-8H,1-4H2;. The largest absolute Gasteiger partial charge is 0.481 e. The van der Waals surface area contributed by atoms with Crippen LogP contribution >= 0.6 is 0 Å². The molecule has 6 atom stereocenters. The average Bonchev–Trinajstić information content (AvgIpc) is 3.18. The molecule has 1 N–H and O–H groups in total. The monoisotopic (exact) mass is 275 g/mol. The molecule has 0 aromatic rings. The number of carbonyl (C=O) groups excluding carboxylic acids is 1. The van der Waals surface area contributed by atoms with Crippen molar-refractivity contribution < 1.29 is 14.7 Å². The van der Waals surface area contributed by atoms with Gasteiger partial charge in [0.25, 0.3) is 0 Å². The van der Waals surface area contributed by atoms with Gasteiger partial charge in [0.15, 0.2) is 0 Å². The summed E-state index contributed by atoms with van der Waals surface area (Å²) in [5.41, 5.74) is 0. The maximum Gasteiger partial charge on any atom is 0.306 e. The third kappa shape index (κ3) is 2.94. The summed E-state index contributed by atoms with van der Waals surface area (Å²) in [7, 11) is 0. The molecule has 4 aliphatic rings. The summed E-state index contributed by atoms with van der Waals surface area (Å²) in [5.74, 6) is 2.89. The number of aldehydes is 1. The first-order chi connectivity index (χ1) is 9.17. The lowest BCUT2D eigenvalue weighted by Gasteiger charge is -2.16. The minimum absolute atomic E-state index is 0. The number of carboxylic acid groups (broad SMARTS) is 1. The van der Waals surface area contributed by atoms with Crippen molar-refractivity contribution in [2.75, 3.05) is 0 Å². The fourth-order valence-corrected chi connectivity index (χ4v) is 5.01. The van der Waals surface area contributed by atoms with E-state index in [1.54, 1.807) is 0 Å². The van der Waals surface area contributed by atoms with Crippen molar-refractivity contribution in [1.29, 1.82) is 0 Å². The molecular formula is C16H24BO3. The lowest BCUT2D eigenvalue weighted by atomic mass is 9.89. The minimum atomic E-state index is -0.563. The van der Waals surface area contributed by atoms with Gasteiger partial charge >= 0.3 is 5.97 Å². The van der Waals surface area contributed by atoms with Crippen LogP contribution in [0.1, 0.15) is 51.4 Å². The molecule has 0 aromatic heterocycles. The van der Waals surface area contributed by atoms with Gasteiger partial charge in [-0.3, -0.25) is 4.79 Å². The van der Waals surface area contributed by atoms with E-state index >= 15 is 0 Å². The fraction of sp³-hybridized carbons (Fsp3) is 0.875. The zero-order valence-corrected chi connectivity index (χ0v) is 12.0. The topological polar surface area (TPSA) is 54.4 Å².